The second kappa shape index (κ2) is 7.39. The molecular weight excluding hydrogens is 358 g/mol. The molecule has 0 fully saturated rings. The molecule has 0 radical (unpaired) electrons. The van der Waals surface area contributed by atoms with E-state index in [4.69, 9.17) is 0 Å². The van der Waals surface area contributed by atoms with E-state index >= 15 is 0 Å². The smallest absolute Gasteiger partial charge is 0.242 e. The molecule has 1 aromatic heterocycles. The molecule has 6 nitrogen and oxygen atoms in total. The predicted molar refractivity (Wildman–Crippen MR) is 100 cm³/mol. The number of aryl methyl sites for hydroxylation is 1. The molecule has 0 aliphatic rings. The minimum atomic E-state index is -3.73. The molecule has 0 amide bonds. The van der Waals surface area contributed by atoms with Crippen LogP contribution in [0.1, 0.15) is 51.4 Å². The Balaban J connectivity index is 2.28. The van der Waals surface area contributed by atoms with Gasteiger partial charge in [-0.15, -0.1) is 0 Å². The van der Waals surface area contributed by atoms with Crippen LogP contribution >= 0.6 is 0 Å². The first-order valence-corrected chi connectivity index (χ1v) is 10.7. The van der Waals surface area contributed by atoms with Crippen molar-refractivity contribution in [3.8, 4) is 0 Å². The SMILES string of the molecule is CC[C@H](N[S@@](=O)C(C)(C)C)c1ccn(S(=O)(=O)c2ccc(C)cc2)n1. The van der Waals surface area contributed by atoms with E-state index in [0.717, 1.165) is 9.65 Å². The molecule has 0 saturated carbocycles. The first-order valence-electron chi connectivity index (χ1n) is 8.11. The molecule has 2 rings (SSSR count). The molecule has 0 saturated heterocycles. The minimum Gasteiger partial charge on any atom is -0.242 e. The molecule has 0 aliphatic carbocycles. The van der Waals surface area contributed by atoms with E-state index in [0.29, 0.717) is 12.1 Å². The Morgan fingerprint density at radius 1 is 1.20 bits per heavy atom. The predicted octanol–water partition coefficient (Wildman–Crippen LogP) is 2.93. The number of hydrogen-bond acceptors (Lipinski definition) is 4. The lowest BCUT2D eigenvalue weighted by Crippen LogP contribution is -2.35. The standard InChI is InChI=1S/C17H25N3O3S2/c1-6-15(19-24(21)17(3,4)5)16-11-12-20(18-16)25(22,23)14-9-7-13(2)8-10-14/h7-12,15,19H,6H2,1-5H3/t15-,24-/m0/s1. The van der Waals surface area contributed by atoms with E-state index in [2.05, 4.69) is 9.82 Å². The zero-order chi connectivity index (χ0) is 18.8. The van der Waals surface area contributed by atoms with Crippen molar-refractivity contribution in [1.82, 2.24) is 13.9 Å². The van der Waals surface area contributed by atoms with Crippen LogP contribution in [0.5, 0.6) is 0 Å². The van der Waals surface area contributed by atoms with Crippen molar-refractivity contribution in [1.29, 1.82) is 0 Å². The highest BCUT2D eigenvalue weighted by atomic mass is 32.2. The molecule has 0 unspecified atom stereocenters. The highest BCUT2D eigenvalue weighted by Crippen LogP contribution is 2.21. The van der Waals surface area contributed by atoms with Crippen LogP contribution in [0.4, 0.5) is 0 Å². The van der Waals surface area contributed by atoms with Crippen molar-refractivity contribution in [3.05, 3.63) is 47.8 Å². The summed E-state index contributed by atoms with van der Waals surface area (Å²) in [5.41, 5.74) is 1.54. The fourth-order valence-corrected chi connectivity index (χ4v) is 4.14. The van der Waals surface area contributed by atoms with Gasteiger partial charge in [-0.3, -0.25) is 0 Å². The zero-order valence-electron chi connectivity index (χ0n) is 15.2. The van der Waals surface area contributed by atoms with Crippen molar-refractivity contribution in [2.45, 2.75) is 56.7 Å². The first-order chi connectivity index (χ1) is 11.6. The van der Waals surface area contributed by atoms with Gasteiger partial charge in [0.25, 0.3) is 10.0 Å². The van der Waals surface area contributed by atoms with Gasteiger partial charge in [0, 0.05) is 6.20 Å². The maximum atomic E-state index is 12.7. The molecule has 138 valence electrons. The summed E-state index contributed by atoms with van der Waals surface area (Å²) in [4.78, 5) is 0.187. The Morgan fingerprint density at radius 3 is 2.32 bits per heavy atom. The van der Waals surface area contributed by atoms with Gasteiger partial charge < -0.3 is 0 Å². The summed E-state index contributed by atoms with van der Waals surface area (Å²) < 4.78 is 41.2. The van der Waals surface area contributed by atoms with Gasteiger partial charge in [-0.1, -0.05) is 24.6 Å². The number of aromatic nitrogens is 2. The summed E-state index contributed by atoms with van der Waals surface area (Å²) in [6, 6.07) is 7.99. The van der Waals surface area contributed by atoms with Crippen LogP contribution in [0.3, 0.4) is 0 Å². The summed E-state index contributed by atoms with van der Waals surface area (Å²) in [7, 11) is -5.00. The molecule has 1 N–H and O–H groups in total. The fraction of sp³-hybridized carbons (Fsp3) is 0.471. The van der Waals surface area contributed by atoms with Crippen LogP contribution in [0, 0.1) is 6.92 Å². The summed E-state index contributed by atoms with van der Waals surface area (Å²) in [5, 5.41) is 4.22. The Labute approximate surface area is 152 Å². The lowest BCUT2D eigenvalue weighted by atomic mass is 10.2. The quantitative estimate of drug-likeness (QED) is 0.831. The molecule has 0 spiro atoms. The number of nitrogens with zero attached hydrogens (tertiary/aromatic N) is 2. The fourth-order valence-electron chi connectivity index (χ4n) is 2.12. The second-order valence-electron chi connectivity index (χ2n) is 6.89. The normalized spacial score (nSPS) is 15.1. The topological polar surface area (TPSA) is 81.1 Å². The van der Waals surface area contributed by atoms with E-state index in [1.54, 1.807) is 30.3 Å². The van der Waals surface area contributed by atoms with Gasteiger partial charge in [-0.05, 0) is 52.3 Å². The molecule has 2 atom stereocenters. The largest absolute Gasteiger partial charge is 0.282 e. The molecule has 2 aromatic rings. The van der Waals surface area contributed by atoms with E-state index in [1.165, 1.54) is 6.20 Å². The summed E-state index contributed by atoms with van der Waals surface area (Å²) >= 11 is 0. The van der Waals surface area contributed by atoms with Crippen molar-refractivity contribution in [2.75, 3.05) is 0 Å². The maximum Gasteiger partial charge on any atom is 0.282 e. The Kier molecular flexibility index (Phi) is 5.86. The third kappa shape index (κ3) is 4.56. The molecule has 1 heterocycles. The number of nitrogens with one attached hydrogen (secondary N) is 1. The Hall–Kier alpha value is -1.51. The average Bonchev–Trinajstić information content (AvgIpc) is 3.02. The van der Waals surface area contributed by atoms with Crippen molar-refractivity contribution >= 4 is 21.0 Å². The first kappa shape index (κ1) is 19.8. The van der Waals surface area contributed by atoms with Crippen LogP contribution < -0.4 is 4.72 Å². The highest BCUT2D eigenvalue weighted by molar-refractivity contribution is 7.89. The maximum absolute atomic E-state index is 12.7. The second-order valence-corrected chi connectivity index (χ2v) is 10.7. The molecular formula is C17H25N3O3S2. The lowest BCUT2D eigenvalue weighted by molar-refractivity contribution is 0.565. The van der Waals surface area contributed by atoms with E-state index in [9.17, 15) is 12.6 Å². The van der Waals surface area contributed by atoms with Crippen LogP contribution in [-0.2, 0) is 21.0 Å². The Morgan fingerprint density at radius 2 is 1.80 bits per heavy atom. The van der Waals surface area contributed by atoms with Gasteiger partial charge in [0.15, 0.2) is 0 Å². The van der Waals surface area contributed by atoms with E-state index in [-0.39, 0.29) is 10.9 Å². The Bertz CT molecular complexity index is 850. The van der Waals surface area contributed by atoms with Gasteiger partial charge in [0.2, 0.25) is 0 Å². The summed E-state index contributed by atoms with van der Waals surface area (Å²) in [6.45, 7) is 9.47. The van der Waals surface area contributed by atoms with Gasteiger partial charge in [-0.25, -0.2) is 8.93 Å². The van der Waals surface area contributed by atoms with Crippen LogP contribution in [0.15, 0.2) is 41.4 Å². The van der Waals surface area contributed by atoms with Crippen molar-refractivity contribution < 1.29 is 12.6 Å². The van der Waals surface area contributed by atoms with Gasteiger partial charge in [-0.2, -0.15) is 17.6 Å². The van der Waals surface area contributed by atoms with Crippen molar-refractivity contribution in [3.63, 3.8) is 0 Å². The van der Waals surface area contributed by atoms with Crippen LogP contribution in [0.25, 0.3) is 0 Å². The monoisotopic (exact) mass is 383 g/mol. The minimum absolute atomic E-state index is 0.187. The molecule has 25 heavy (non-hydrogen) atoms. The van der Waals surface area contributed by atoms with E-state index < -0.39 is 25.8 Å². The summed E-state index contributed by atoms with van der Waals surface area (Å²) in [5.74, 6) is 0. The van der Waals surface area contributed by atoms with E-state index in [1.807, 2.05) is 34.6 Å². The average molecular weight is 384 g/mol. The third-order valence-electron chi connectivity index (χ3n) is 3.72. The van der Waals surface area contributed by atoms with Gasteiger partial charge >= 0.3 is 0 Å². The third-order valence-corrected chi connectivity index (χ3v) is 6.90. The van der Waals surface area contributed by atoms with Crippen molar-refractivity contribution in [2.24, 2.45) is 0 Å². The van der Waals surface area contributed by atoms with Crippen LogP contribution in [-0.4, -0.2) is 26.6 Å². The lowest BCUT2D eigenvalue weighted by Gasteiger charge is -2.22. The molecule has 8 heteroatoms. The van der Waals surface area contributed by atoms with Crippen LogP contribution in [0.2, 0.25) is 0 Å². The number of hydrogen-bond donors (Lipinski definition) is 1. The number of benzene rings is 1. The zero-order valence-corrected chi connectivity index (χ0v) is 16.8. The molecule has 0 aliphatic heterocycles. The molecule has 1 aromatic carbocycles. The number of rotatable bonds is 6. The highest BCUT2D eigenvalue weighted by Gasteiger charge is 2.25. The van der Waals surface area contributed by atoms with Gasteiger partial charge in [0.1, 0.15) is 0 Å². The van der Waals surface area contributed by atoms with Gasteiger partial charge in [0.05, 0.1) is 32.4 Å². The summed E-state index contributed by atoms with van der Waals surface area (Å²) in [6.07, 6.45) is 2.07. The molecule has 0 bridgehead atoms.